The van der Waals surface area contributed by atoms with Crippen molar-refractivity contribution in [3.8, 4) is 0 Å². The second-order valence-corrected chi connectivity index (χ2v) is 6.63. The molecule has 0 radical (unpaired) electrons. The Morgan fingerprint density at radius 3 is 2.68 bits per heavy atom. The number of hydrogen-bond donors (Lipinski definition) is 1. The number of fused-ring (bicyclic) bond motifs is 2. The first-order valence-electron chi connectivity index (χ1n) is 8.64. The minimum Gasteiger partial charge on any atom is -0.464 e. The van der Waals surface area contributed by atoms with E-state index in [2.05, 4.69) is 5.32 Å². The Labute approximate surface area is 146 Å². The van der Waals surface area contributed by atoms with Crippen LogP contribution in [-0.4, -0.2) is 11.9 Å². The van der Waals surface area contributed by atoms with Crippen molar-refractivity contribution in [3.05, 3.63) is 45.5 Å². The van der Waals surface area contributed by atoms with Crippen molar-refractivity contribution in [2.45, 2.75) is 53.0 Å². The molecule has 0 saturated heterocycles. The van der Waals surface area contributed by atoms with E-state index in [4.69, 9.17) is 8.83 Å². The molecule has 1 amide bonds. The number of carbonyl (C=O) groups is 1. The van der Waals surface area contributed by atoms with Crippen molar-refractivity contribution in [1.29, 1.82) is 0 Å². The van der Waals surface area contributed by atoms with Gasteiger partial charge in [-0.2, -0.15) is 0 Å². The number of carbonyl (C=O) groups excluding carboxylic acids is 1. The zero-order chi connectivity index (χ0) is 18.1. The summed E-state index contributed by atoms with van der Waals surface area (Å²) >= 11 is 0. The minimum absolute atomic E-state index is 0.0469. The van der Waals surface area contributed by atoms with Crippen molar-refractivity contribution in [2.75, 3.05) is 0 Å². The van der Waals surface area contributed by atoms with Crippen LogP contribution in [0.3, 0.4) is 0 Å². The standard InChI is InChI=1S/C20H23NO4/c1-5-12(3)21-19(22)7-6-14-13(4)16-8-15-11(2)10-24-17(15)9-18(16)25-20(14)23/h8-10,12H,5-7H2,1-4H3,(H,21,22)/t12-/m0/s1. The molecule has 1 atom stereocenters. The van der Waals surface area contributed by atoms with Gasteiger partial charge in [-0.25, -0.2) is 4.79 Å². The lowest BCUT2D eigenvalue weighted by atomic mass is 10.0. The maximum Gasteiger partial charge on any atom is 0.339 e. The highest BCUT2D eigenvalue weighted by atomic mass is 16.4. The Morgan fingerprint density at radius 2 is 1.96 bits per heavy atom. The molecule has 2 aromatic heterocycles. The molecule has 0 aliphatic carbocycles. The highest BCUT2D eigenvalue weighted by molar-refractivity contribution is 5.96. The molecule has 0 bridgehead atoms. The maximum absolute atomic E-state index is 12.4. The predicted octanol–water partition coefficient (Wildman–Crippen LogP) is 4.00. The van der Waals surface area contributed by atoms with E-state index in [-0.39, 0.29) is 24.0 Å². The maximum atomic E-state index is 12.4. The summed E-state index contributed by atoms with van der Waals surface area (Å²) in [4.78, 5) is 24.4. The summed E-state index contributed by atoms with van der Waals surface area (Å²) in [5.41, 5.74) is 3.30. The summed E-state index contributed by atoms with van der Waals surface area (Å²) in [7, 11) is 0. The van der Waals surface area contributed by atoms with Gasteiger partial charge in [0, 0.05) is 34.9 Å². The number of furan rings is 1. The van der Waals surface area contributed by atoms with Crippen LogP contribution >= 0.6 is 0 Å². The molecule has 3 rings (SSSR count). The van der Waals surface area contributed by atoms with Gasteiger partial charge in [-0.05, 0) is 50.8 Å². The molecule has 5 heteroatoms. The zero-order valence-electron chi connectivity index (χ0n) is 15.1. The number of nitrogens with one attached hydrogen (secondary N) is 1. The van der Waals surface area contributed by atoms with Crippen LogP contribution in [0.4, 0.5) is 0 Å². The van der Waals surface area contributed by atoms with Crippen LogP contribution < -0.4 is 10.9 Å². The summed E-state index contributed by atoms with van der Waals surface area (Å²) in [6.45, 7) is 7.87. The Hall–Kier alpha value is -2.56. The molecular weight excluding hydrogens is 318 g/mol. The van der Waals surface area contributed by atoms with E-state index < -0.39 is 0 Å². The van der Waals surface area contributed by atoms with E-state index in [1.165, 1.54) is 0 Å². The number of benzene rings is 1. The van der Waals surface area contributed by atoms with Gasteiger partial charge in [-0.15, -0.1) is 0 Å². The third kappa shape index (κ3) is 3.31. The van der Waals surface area contributed by atoms with Gasteiger partial charge >= 0.3 is 5.63 Å². The molecule has 0 aliphatic rings. The molecule has 0 unspecified atom stereocenters. The lowest BCUT2D eigenvalue weighted by Crippen LogP contribution is -2.32. The summed E-state index contributed by atoms with van der Waals surface area (Å²) in [6, 6.07) is 3.88. The van der Waals surface area contributed by atoms with Gasteiger partial charge in [-0.3, -0.25) is 4.79 Å². The fourth-order valence-electron chi connectivity index (χ4n) is 3.01. The minimum atomic E-state index is -0.385. The monoisotopic (exact) mass is 341 g/mol. The molecule has 0 fully saturated rings. The molecule has 0 spiro atoms. The van der Waals surface area contributed by atoms with Gasteiger partial charge in [0.05, 0.1) is 6.26 Å². The lowest BCUT2D eigenvalue weighted by molar-refractivity contribution is -0.121. The van der Waals surface area contributed by atoms with Gasteiger partial charge in [0.15, 0.2) is 0 Å². The van der Waals surface area contributed by atoms with E-state index in [0.29, 0.717) is 23.2 Å². The van der Waals surface area contributed by atoms with E-state index in [9.17, 15) is 9.59 Å². The molecule has 1 N–H and O–H groups in total. The lowest BCUT2D eigenvalue weighted by Gasteiger charge is -2.12. The first kappa shape index (κ1) is 17.3. The SMILES string of the molecule is CC[C@H](C)NC(=O)CCc1c(C)c2cc3c(C)coc3cc2oc1=O. The summed E-state index contributed by atoms with van der Waals surface area (Å²) in [5.74, 6) is -0.0469. The zero-order valence-corrected chi connectivity index (χ0v) is 15.1. The van der Waals surface area contributed by atoms with Crippen LogP contribution in [0.2, 0.25) is 0 Å². The molecule has 25 heavy (non-hydrogen) atoms. The van der Waals surface area contributed by atoms with Crippen molar-refractivity contribution < 1.29 is 13.6 Å². The number of hydrogen-bond acceptors (Lipinski definition) is 4. The topological polar surface area (TPSA) is 72.5 Å². The number of rotatable bonds is 5. The van der Waals surface area contributed by atoms with Crippen molar-refractivity contribution in [2.24, 2.45) is 0 Å². The van der Waals surface area contributed by atoms with Crippen molar-refractivity contribution in [3.63, 3.8) is 0 Å². The van der Waals surface area contributed by atoms with Crippen LogP contribution in [0.15, 0.2) is 32.0 Å². The number of aryl methyl sites for hydroxylation is 2. The van der Waals surface area contributed by atoms with Gasteiger partial charge in [-0.1, -0.05) is 6.92 Å². The second-order valence-electron chi connectivity index (χ2n) is 6.63. The van der Waals surface area contributed by atoms with Crippen LogP contribution in [0.5, 0.6) is 0 Å². The van der Waals surface area contributed by atoms with Crippen molar-refractivity contribution in [1.82, 2.24) is 5.32 Å². The normalized spacial score (nSPS) is 12.6. The largest absolute Gasteiger partial charge is 0.464 e. The molecule has 1 aromatic carbocycles. The Bertz CT molecular complexity index is 996. The van der Waals surface area contributed by atoms with Crippen LogP contribution in [0.1, 0.15) is 43.4 Å². The molecule has 2 heterocycles. The molecule has 0 aliphatic heterocycles. The smallest absolute Gasteiger partial charge is 0.339 e. The molecule has 132 valence electrons. The van der Waals surface area contributed by atoms with Gasteiger partial charge in [0.1, 0.15) is 11.2 Å². The highest BCUT2D eigenvalue weighted by Crippen LogP contribution is 2.28. The molecule has 3 aromatic rings. The summed E-state index contributed by atoms with van der Waals surface area (Å²) in [6.07, 6.45) is 3.21. The fourth-order valence-corrected chi connectivity index (χ4v) is 3.01. The van der Waals surface area contributed by atoms with E-state index in [1.54, 1.807) is 12.3 Å². The first-order chi connectivity index (χ1) is 11.9. The average Bonchev–Trinajstić information content (AvgIpc) is 2.93. The summed E-state index contributed by atoms with van der Waals surface area (Å²) < 4.78 is 11.0. The van der Waals surface area contributed by atoms with Gasteiger partial charge < -0.3 is 14.2 Å². The van der Waals surface area contributed by atoms with Crippen LogP contribution in [0, 0.1) is 13.8 Å². The number of amides is 1. The molecular formula is C20H23NO4. The fraction of sp³-hybridized carbons (Fsp3) is 0.400. The van der Waals surface area contributed by atoms with Crippen molar-refractivity contribution >= 4 is 27.8 Å². The Morgan fingerprint density at radius 1 is 1.20 bits per heavy atom. The first-order valence-corrected chi connectivity index (χ1v) is 8.64. The van der Waals surface area contributed by atoms with E-state index >= 15 is 0 Å². The summed E-state index contributed by atoms with van der Waals surface area (Å²) in [5, 5.41) is 4.81. The molecule has 0 saturated carbocycles. The third-order valence-electron chi connectivity index (χ3n) is 4.80. The van der Waals surface area contributed by atoms with E-state index in [0.717, 1.165) is 28.3 Å². The van der Waals surface area contributed by atoms with Gasteiger partial charge in [0.2, 0.25) is 5.91 Å². The Kier molecular flexibility index (Phi) is 4.66. The predicted molar refractivity (Wildman–Crippen MR) is 97.9 cm³/mol. The quantitative estimate of drug-likeness (QED) is 0.712. The highest BCUT2D eigenvalue weighted by Gasteiger charge is 2.15. The third-order valence-corrected chi connectivity index (χ3v) is 4.80. The Balaban J connectivity index is 1.95. The van der Waals surface area contributed by atoms with Gasteiger partial charge in [0.25, 0.3) is 0 Å². The second kappa shape index (κ2) is 6.75. The van der Waals surface area contributed by atoms with E-state index in [1.807, 2.05) is 33.8 Å². The van der Waals surface area contributed by atoms with Crippen LogP contribution in [-0.2, 0) is 11.2 Å². The van der Waals surface area contributed by atoms with Crippen LogP contribution in [0.25, 0.3) is 21.9 Å². The molecule has 5 nitrogen and oxygen atoms in total. The average molecular weight is 341 g/mol.